The lowest BCUT2D eigenvalue weighted by atomic mass is 9.96. The Labute approximate surface area is 150 Å². The average molecular weight is 355 g/mol. The molecular weight excluding hydrogens is 334 g/mol. The molecule has 1 N–H and O–H groups in total. The number of fused-ring (bicyclic) bond motifs is 5. The van der Waals surface area contributed by atoms with Crippen molar-refractivity contribution in [2.24, 2.45) is 0 Å². The van der Waals surface area contributed by atoms with E-state index < -0.39 is 0 Å². The van der Waals surface area contributed by atoms with Crippen LogP contribution in [0.3, 0.4) is 0 Å². The van der Waals surface area contributed by atoms with Crippen LogP contribution >= 0.6 is 11.3 Å². The fraction of sp³-hybridized carbons (Fsp3) is 0.526. The van der Waals surface area contributed by atoms with Crippen molar-refractivity contribution in [3.05, 3.63) is 22.2 Å². The van der Waals surface area contributed by atoms with Crippen LogP contribution in [0.25, 0.3) is 10.2 Å². The number of nitrogens with one attached hydrogen (secondary N) is 1. The molecule has 0 aromatic carbocycles. The Bertz CT molecular complexity index is 888. The Hall–Kier alpha value is -1.95. The summed E-state index contributed by atoms with van der Waals surface area (Å²) in [6.07, 6.45) is 8.63. The average Bonchev–Trinajstić information content (AvgIpc) is 3.17. The number of rotatable bonds is 0. The van der Waals surface area contributed by atoms with E-state index in [1.807, 2.05) is 0 Å². The number of hydrogen-bond donors (Lipinski definition) is 1. The summed E-state index contributed by atoms with van der Waals surface area (Å²) in [5.74, 6) is -0.0534. The normalized spacial score (nSPS) is 23.4. The van der Waals surface area contributed by atoms with Crippen molar-refractivity contribution >= 4 is 39.1 Å². The quantitative estimate of drug-likeness (QED) is 0.786. The maximum absolute atomic E-state index is 13.0. The van der Waals surface area contributed by atoms with Gasteiger partial charge in [-0.3, -0.25) is 9.59 Å². The lowest BCUT2D eigenvalue weighted by molar-refractivity contribution is -0.119. The van der Waals surface area contributed by atoms with E-state index in [4.69, 9.17) is 4.98 Å². The minimum absolute atomic E-state index is 0.00809. The molecular formula is C19H21N3O2S. The molecule has 0 spiro atoms. The van der Waals surface area contributed by atoms with Crippen molar-refractivity contribution in [2.75, 3.05) is 11.9 Å². The zero-order valence-corrected chi connectivity index (χ0v) is 15.0. The van der Waals surface area contributed by atoms with Gasteiger partial charge in [-0.05, 0) is 50.2 Å². The second-order valence-electron chi connectivity index (χ2n) is 7.31. The molecule has 2 aliphatic heterocycles. The molecule has 130 valence electrons. The Kier molecular flexibility index (Phi) is 3.55. The van der Waals surface area contributed by atoms with E-state index in [1.165, 1.54) is 48.3 Å². The molecule has 1 aliphatic carbocycles. The van der Waals surface area contributed by atoms with Crippen LogP contribution < -0.4 is 5.32 Å². The first-order valence-electron chi connectivity index (χ1n) is 9.29. The fourth-order valence-corrected chi connectivity index (χ4v) is 5.48. The van der Waals surface area contributed by atoms with Crippen molar-refractivity contribution in [3.8, 4) is 0 Å². The van der Waals surface area contributed by atoms with E-state index in [0.29, 0.717) is 17.1 Å². The van der Waals surface area contributed by atoms with Gasteiger partial charge in [0.25, 0.3) is 5.91 Å². The second-order valence-corrected chi connectivity index (χ2v) is 8.31. The summed E-state index contributed by atoms with van der Waals surface area (Å²) in [6.45, 7) is 0.675. The van der Waals surface area contributed by atoms with Crippen LogP contribution in [0.5, 0.6) is 0 Å². The van der Waals surface area contributed by atoms with Gasteiger partial charge in [-0.15, -0.1) is 11.3 Å². The molecule has 5 nitrogen and oxygen atoms in total. The van der Waals surface area contributed by atoms with Gasteiger partial charge in [0.15, 0.2) is 0 Å². The van der Waals surface area contributed by atoms with E-state index >= 15 is 0 Å². The molecule has 1 fully saturated rings. The first-order chi connectivity index (χ1) is 12.2. The maximum atomic E-state index is 13.0. The van der Waals surface area contributed by atoms with Crippen molar-refractivity contribution in [1.29, 1.82) is 0 Å². The molecule has 4 heterocycles. The number of aryl methyl sites for hydroxylation is 2. The minimum atomic E-state index is -0.306. The summed E-state index contributed by atoms with van der Waals surface area (Å²) in [4.78, 5) is 33.8. The third-order valence-corrected chi connectivity index (χ3v) is 6.81. The molecule has 0 unspecified atom stereocenters. The zero-order chi connectivity index (χ0) is 17.0. The van der Waals surface area contributed by atoms with Crippen LogP contribution in [-0.2, 0) is 17.6 Å². The Morgan fingerprint density at radius 3 is 2.84 bits per heavy atom. The molecule has 2 amide bonds. The van der Waals surface area contributed by atoms with Crippen molar-refractivity contribution in [3.63, 3.8) is 0 Å². The SMILES string of the molecule is O=C1Nc2c(sc3nc4c(cc23)CCCCCC4)C(=O)N2CCC[C@H]12. The Morgan fingerprint density at radius 2 is 1.96 bits per heavy atom. The number of carbonyl (C=O) groups is 2. The number of thiophene rings is 1. The molecule has 0 saturated carbocycles. The van der Waals surface area contributed by atoms with Crippen LogP contribution in [0.15, 0.2) is 6.07 Å². The summed E-state index contributed by atoms with van der Waals surface area (Å²) in [6, 6.07) is 1.88. The first-order valence-corrected chi connectivity index (χ1v) is 10.1. The molecule has 5 rings (SSSR count). The van der Waals surface area contributed by atoms with E-state index in [2.05, 4.69) is 11.4 Å². The maximum Gasteiger partial charge on any atom is 0.266 e. The highest BCUT2D eigenvalue weighted by atomic mass is 32.1. The molecule has 0 radical (unpaired) electrons. The lowest BCUT2D eigenvalue weighted by Gasteiger charge is -2.19. The van der Waals surface area contributed by atoms with Gasteiger partial charge in [-0.1, -0.05) is 12.8 Å². The summed E-state index contributed by atoms with van der Waals surface area (Å²) in [7, 11) is 0. The fourth-order valence-electron chi connectivity index (χ4n) is 4.39. The smallest absolute Gasteiger partial charge is 0.266 e. The topological polar surface area (TPSA) is 62.3 Å². The van der Waals surface area contributed by atoms with Crippen LogP contribution in [0, 0.1) is 0 Å². The summed E-state index contributed by atoms with van der Waals surface area (Å²) >= 11 is 1.44. The highest BCUT2D eigenvalue weighted by Gasteiger charge is 2.40. The molecule has 25 heavy (non-hydrogen) atoms. The highest BCUT2D eigenvalue weighted by molar-refractivity contribution is 7.21. The number of nitrogens with zero attached hydrogens (tertiary/aromatic N) is 2. The number of pyridine rings is 1. The lowest BCUT2D eigenvalue weighted by Crippen LogP contribution is -2.40. The highest BCUT2D eigenvalue weighted by Crippen LogP contribution is 2.40. The van der Waals surface area contributed by atoms with Crippen LogP contribution in [-0.4, -0.2) is 34.3 Å². The third kappa shape index (κ3) is 2.38. The van der Waals surface area contributed by atoms with Gasteiger partial charge < -0.3 is 10.2 Å². The number of anilines is 1. The molecule has 1 atom stereocenters. The van der Waals surface area contributed by atoms with Gasteiger partial charge in [-0.25, -0.2) is 4.98 Å². The second kappa shape index (κ2) is 5.80. The van der Waals surface area contributed by atoms with E-state index in [-0.39, 0.29) is 17.9 Å². The van der Waals surface area contributed by atoms with Crippen molar-refractivity contribution < 1.29 is 9.59 Å². The van der Waals surface area contributed by atoms with Gasteiger partial charge in [0.2, 0.25) is 5.91 Å². The summed E-state index contributed by atoms with van der Waals surface area (Å²) < 4.78 is 0. The standard InChI is InChI=1S/C19H21N3O2S/c23-17-14-8-5-9-22(14)19(24)16-15(21-17)12-10-11-6-3-1-2-4-7-13(11)20-18(12)25-16/h10,14H,1-9H2,(H,21,23)/t14-/m1/s1. The largest absolute Gasteiger partial charge is 0.326 e. The molecule has 6 heteroatoms. The van der Waals surface area contributed by atoms with Crippen molar-refractivity contribution in [1.82, 2.24) is 9.88 Å². The van der Waals surface area contributed by atoms with Crippen LogP contribution in [0.1, 0.15) is 59.5 Å². The number of aromatic nitrogens is 1. The summed E-state index contributed by atoms with van der Waals surface area (Å²) in [5, 5.41) is 4.00. The van der Waals surface area contributed by atoms with E-state index in [0.717, 1.165) is 35.9 Å². The van der Waals surface area contributed by atoms with Gasteiger partial charge in [0.1, 0.15) is 15.7 Å². The van der Waals surface area contributed by atoms with E-state index in [9.17, 15) is 9.59 Å². The number of carbonyl (C=O) groups excluding carboxylic acids is 2. The monoisotopic (exact) mass is 355 g/mol. The minimum Gasteiger partial charge on any atom is -0.326 e. The molecule has 2 aromatic rings. The van der Waals surface area contributed by atoms with Gasteiger partial charge in [0.05, 0.1) is 5.69 Å². The first kappa shape index (κ1) is 15.3. The summed E-state index contributed by atoms with van der Waals surface area (Å²) in [5.41, 5.74) is 3.17. The molecule has 2 aromatic heterocycles. The number of hydrogen-bond acceptors (Lipinski definition) is 4. The predicted molar refractivity (Wildman–Crippen MR) is 98.2 cm³/mol. The number of amides is 2. The molecule has 3 aliphatic rings. The van der Waals surface area contributed by atoms with Crippen LogP contribution in [0.4, 0.5) is 5.69 Å². The van der Waals surface area contributed by atoms with Gasteiger partial charge in [-0.2, -0.15) is 0 Å². The van der Waals surface area contributed by atoms with Gasteiger partial charge >= 0.3 is 0 Å². The van der Waals surface area contributed by atoms with E-state index in [1.54, 1.807) is 4.90 Å². The Balaban J connectivity index is 1.67. The predicted octanol–water partition coefficient (Wildman–Crippen LogP) is 3.51. The zero-order valence-electron chi connectivity index (χ0n) is 14.1. The molecule has 1 saturated heterocycles. The van der Waals surface area contributed by atoms with Crippen molar-refractivity contribution in [2.45, 2.75) is 57.4 Å². The molecule has 0 bridgehead atoms. The van der Waals surface area contributed by atoms with Crippen LogP contribution in [0.2, 0.25) is 0 Å². The third-order valence-electron chi connectivity index (χ3n) is 5.72. The Morgan fingerprint density at radius 1 is 1.12 bits per heavy atom. The van der Waals surface area contributed by atoms with Gasteiger partial charge in [0, 0.05) is 17.6 Å².